The summed E-state index contributed by atoms with van der Waals surface area (Å²) in [6, 6.07) is 5.52. The summed E-state index contributed by atoms with van der Waals surface area (Å²) < 4.78 is 0. The summed E-state index contributed by atoms with van der Waals surface area (Å²) in [7, 11) is 2.10. The van der Waals surface area contributed by atoms with Gasteiger partial charge in [0.25, 0.3) is 5.91 Å². The third-order valence-corrected chi connectivity index (χ3v) is 5.55. The van der Waals surface area contributed by atoms with E-state index in [0.29, 0.717) is 15.7 Å². The van der Waals surface area contributed by atoms with Gasteiger partial charge in [0.1, 0.15) is 0 Å². The highest BCUT2D eigenvalue weighted by Crippen LogP contribution is 2.30. The molecular formula is C17H17ClN4OS. The Balaban J connectivity index is 1.65. The summed E-state index contributed by atoms with van der Waals surface area (Å²) in [6.45, 7) is 3.79. The second-order valence-corrected chi connectivity index (χ2v) is 7.67. The highest BCUT2D eigenvalue weighted by atomic mass is 35.5. The van der Waals surface area contributed by atoms with Crippen LogP contribution in [0.2, 0.25) is 5.02 Å². The average Bonchev–Trinajstić information content (AvgIpc) is 3.05. The first-order chi connectivity index (χ1) is 11.5. The van der Waals surface area contributed by atoms with Gasteiger partial charge in [-0.15, -0.1) is 11.3 Å². The molecule has 1 aromatic carbocycles. The van der Waals surface area contributed by atoms with Crippen molar-refractivity contribution in [1.29, 1.82) is 0 Å². The van der Waals surface area contributed by atoms with Gasteiger partial charge in [0, 0.05) is 46.0 Å². The molecule has 0 radical (unpaired) electrons. The number of H-pyrrole nitrogens is 1. The van der Waals surface area contributed by atoms with Gasteiger partial charge in [-0.3, -0.25) is 10.1 Å². The van der Waals surface area contributed by atoms with Crippen molar-refractivity contribution in [3.8, 4) is 0 Å². The molecule has 5 nitrogen and oxygen atoms in total. The number of hydrogen-bond donors (Lipinski definition) is 2. The second-order valence-electron chi connectivity index (χ2n) is 6.15. The Bertz CT molecular complexity index is 946. The lowest BCUT2D eigenvalue weighted by Crippen LogP contribution is -2.25. The van der Waals surface area contributed by atoms with Gasteiger partial charge >= 0.3 is 0 Å². The van der Waals surface area contributed by atoms with E-state index in [1.165, 1.54) is 4.88 Å². The number of carbonyl (C=O) groups is 1. The highest BCUT2D eigenvalue weighted by Gasteiger charge is 2.21. The molecular weight excluding hydrogens is 344 g/mol. The number of likely N-dealkylation sites (N-methyl/N-ethyl adjacent to an activating group) is 1. The molecule has 0 saturated heterocycles. The first-order valence-electron chi connectivity index (χ1n) is 7.77. The number of halogens is 1. The Morgan fingerprint density at radius 3 is 3.12 bits per heavy atom. The Labute approximate surface area is 148 Å². The van der Waals surface area contributed by atoms with E-state index in [1.54, 1.807) is 11.3 Å². The molecule has 1 aliphatic heterocycles. The molecule has 0 bridgehead atoms. The number of anilines is 1. The van der Waals surface area contributed by atoms with Crippen LogP contribution in [0, 0.1) is 6.92 Å². The lowest BCUT2D eigenvalue weighted by Gasteiger charge is -2.20. The molecule has 1 aliphatic rings. The summed E-state index contributed by atoms with van der Waals surface area (Å²) in [4.78, 5) is 24.1. The zero-order valence-electron chi connectivity index (χ0n) is 13.4. The highest BCUT2D eigenvalue weighted by molar-refractivity contribution is 7.15. The fourth-order valence-corrected chi connectivity index (χ4v) is 4.38. The third kappa shape index (κ3) is 2.70. The number of thiazole rings is 1. The van der Waals surface area contributed by atoms with Crippen LogP contribution < -0.4 is 5.32 Å². The number of nitrogens with one attached hydrogen (secondary N) is 2. The maximum Gasteiger partial charge on any atom is 0.259 e. The van der Waals surface area contributed by atoms with Crippen LogP contribution in [0.3, 0.4) is 0 Å². The number of rotatable bonds is 2. The van der Waals surface area contributed by atoms with Crippen LogP contribution in [0.1, 0.15) is 26.6 Å². The molecule has 2 aromatic heterocycles. The Kier molecular flexibility index (Phi) is 3.83. The van der Waals surface area contributed by atoms with Crippen LogP contribution in [0.5, 0.6) is 0 Å². The van der Waals surface area contributed by atoms with Crippen LogP contribution in [-0.2, 0) is 13.0 Å². The van der Waals surface area contributed by atoms with E-state index in [2.05, 4.69) is 27.2 Å². The van der Waals surface area contributed by atoms with Crippen molar-refractivity contribution in [2.75, 3.05) is 18.9 Å². The first kappa shape index (κ1) is 15.6. The largest absolute Gasteiger partial charge is 0.358 e. The minimum atomic E-state index is -0.152. The monoisotopic (exact) mass is 360 g/mol. The molecule has 3 aromatic rings. The number of aromatic nitrogens is 2. The van der Waals surface area contributed by atoms with E-state index in [1.807, 2.05) is 25.1 Å². The molecule has 0 spiro atoms. The van der Waals surface area contributed by atoms with Gasteiger partial charge < -0.3 is 9.88 Å². The smallest absolute Gasteiger partial charge is 0.259 e. The van der Waals surface area contributed by atoms with Gasteiger partial charge in [-0.2, -0.15) is 0 Å². The molecule has 0 saturated carbocycles. The third-order valence-electron chi connectivity index (χ3n) is 4.32. The Morgan fingerprint density at radius 1 is 1.46 bits per heavy atom. The molecule has 4 rings (SSSR count). The van der Waals surface area contributed by atoms with E-state index in [9.17, 15) is 4.79 Å². The summed E-state index contributed by atoms with van der Waals surface area (Å²) in [5.41, 5.74) is 3.46. The lowest BCUT2D eigenvalue weighted by molar-refractivity contribution is 0.102. The molecule has 0 fully saturated rings. The number of benzene rings is 1. The zero-order chi connectivity index (χ0) is 16.8. The van der Waals surface area contributed by atoms with Crippen molar-refractivity contribution in [3.63, 3.8) is 0 Å². The van der Waals surface area contributed by atoms with Crippen molar-refractivity contribution >= 4 is 44.9 Å². The zero-order valence-corrected chi connectivity index (χ0v) is 15.0. The molecule has 2 N–H and O–H groups in total. The van der Waals surface area contributed by atoms with Gasteiger partial charge in [0.15, 0.2) is 5.13 Å². The molecule has 24 heavy (non-hydrogen) atoms. The SMILES string of the molecule is Cc1[nH]c2ccc(Cl)cc2c1C(=O)Nc1nc2c(s1)CN(C)CC2. The fourth-order valence-electron chi connectivity index (χ4n) is 3.13. The van der Waals surface area contributed by atoms with E-state index < -0.39 is 0 Å². The maximum atomic E-state index is 12.8. The first-order valence-corrected chi connectivity index (χ1v) is 8.97. The van der Waals surface area contributed by atoms with Crippen molar-refractivity contribution in [3.05, 3.63) is 45.1 Å². The number of fused-ring (bicyclic) bond motifs is 2. The number of aryl methyl sites for hydroxylation is 1. The van der Waals surface area contributed by atoms with Gasteiger partial charge in [0.2, 0.25) is 0 Å². The predicted molar refractivity (Wildman–Crippen MR) is 98.2 cm³/mol. The normalized spacial score (nSPS) is 14.8. The predicted octanol–water partition coefficient (Wildman–Crippen LogP) is 3.83. The number of aromatic amines is 1. The van der Waals surface area contributed by atoms with Crippen LogP contribution >= 0.6 is 22.9 Å². The molecule has 0 aliphatic carbocycles. The number of amides is 1. The standard InChI is InChI=1S/C17H17ClN4OS/c1-9-15(11-7-10(18)3-4-12(11)19-9)16(23)21-17-20-13-5-6-22(2)8-14(13)24-17/h3-4,7,19H,5-6,8H2,1-2H3,(H,20,21,23). The van der Waals surface area contributed by atoms with Gasteiger partial charge in [-0.25, -0.2) is 4.98 Å². The van der Waals surface area contributed by atoms with Crippen molar-refractivity contribution < 1.29 is 4.79 Å². The van der Waals surface area contributed by atoms with E-state index in [0.717, 1.165) is 41.8 Å². The second kappa shape index (κ2) is 5.88. The van der Waals surface area contributed by atoms with Crippen molar-refractivity contribution in [1.82, 2.24) is 14.9 Å². The molecule has 124 valence electrons. The van der Waals surface area contributed by atoms with Gasteiger partial charge in [-0.1, -0.05) is 11.6 Å². The van der Waals surface area contributed by atoms with E-state index in [4.69, 9.17) is 11.6 Å². The molecule has 7 heteroatoms. The molecule has 1 amide bonds. The van der Waals surface area contributed by atoms with Gasteiger partial charge in [-0.05, 0) is 32.2 Å². The van der Waals surface area contributed by atoms with Crippen molar-refractivity contribution in [2.24, 2.45) is 0 Å². The number of carbonyl (C=O) groups excluding carboxylic acids is 1. The lowest BCUT2D eigenvalue weighted by atomic mass is 10.1. The summed E-state index contributed by atoms with van der Waals surface area (Å²) >= 11 is 7.64. The Morgan fingerprint density at radius 2 is 2.29 bits per heavy atom. The van der Waals surface area contributed by atoms with Crippen LogP contribution in [0.15, 0.2) is 18.2 Å². The van der Waals surface area contributed by atoms with Crippen LogP contribution in [0.25, 0.3) is 10.9 Å². The van der Waals surface area contributed by atoms with E-state index >= 15 is 0 Å². The Hall–Kier alpha value is -1.89. The molecule has 0 atom stereocenters. The molecule has 0 unspecified atom stereocenters. The van der Waals surface area contributed by atoms with Gasteiger partial charge in [0.05, 0.1) is 11.3 Å². The minimum absolute atomic E-state index is 0.152. The minimum Gasteiger partial charge on any atom is -0.358 e. The van der Waals surface area contributed by atoms with E-state index in [-0.39, 0.29) is 5.91 Å². The van der Waals surface area contributed by atoms with Crippen LogP contribution in [0.4, 0.5) is 5.13 Å². The average molecular weight is 361 g/mol. The van der Waals surface area contributed by atoms with Crippen molar-refractivity contribution in [2.45, 2.75) is 19.9 Å². The molecule has 3 heterocycles. The number of hydrogen-bond acceptors (Lipinski definition) is 4. The summed E-state index contributed by atoms with van der Waals surface area (Å²) in [6.07, 6.45) is 0.930. The van der Waals surface area contributed by atoms with Crippen LogP contribution in [-0.4, -0.2) is 34.4 Å². The number of nitrogens with zero attached hydrogens (tertiary/aromatic N) is 2. The fraction of sp³-hybridized carbons (Fsp3) is 0.294. The topological polar surface area (TPSA) is 61.0 Å². The summed E-state index contributed by atoms with van der Waals surface area (Å²) in [5.74, 6) is -0.152. The maximum absolute atomic E-state index is 12.8. The quantitative estimate of drug-likeness (QED) is 0.730. The summed E-state index contributed by atoms with van der Waals surface area (Å²) in [5, 5.41) is 5.06.